The fourth-order valence-corrected chi connectivity index (χ4v) is 2.15. The van der Waals surface area contributed by atoms with Gasteiger partial charge in [0, 0.05) is 16.2 Å². The van der Waals surface area contributed by atoms with Gasteiger partial charge in [-0.3, -0.25) is 14.3 Å². The lowest BCUT2D eigenvalue weighted by molar-refractivity contribution is 0.620. The lowest BCUT2D eigenvalue weighted by atomic mass is 10.2. The molecular weight excluding hydrogens is 303 g/mol. The maximum absolute atomic E-state index is 13.2. The van der Waals surface area contributed by atoms with Gasteiger partial charge in [-0.2, -0.15) is 0 Å². The van der Waals surface area contributed by atoms with Crippen molar-refractivity contribution in [3.05, 3.63) is 66.7 Å². The molecule has 0 aliphatic heterocycles. The highest BCUT2D eigenvalue weighted by Crippen LogP contribution is 2.15. The summed E-state index contributed by atoms with van der Waals surface area (Å²) in [5, 5.41) is 0. The van der Waals surface area contributed by atoms with E-state index in [0.717, 1.165) is 0 Å². The van der Waals surface area contributed by atoms with E-state index < -0.39 is 11.2 Å². The van der Waals surface area contributed by atoms with Crippen molar-refractivity contribution < 1.29 is 4.39 Å². The molecule has 0 saturated carbocycles. The van der Waals surface area contributed by atoms with Crippen LogP contribution >= 0.6 is 15.9 Å². The highest BCUT2D eigenvalue weighted by Gasteiger charge is 2.04. The monoisotopic (exact) mass is 312 g/mol. The summed E-state index contributed by atoms with van der Waals surface area (Å²) in [6.07, 6.45) is 1.46. The Bertz CT molecular complexity index is 686. The number of hydrogen-bond donors (Lipinski definition) is 1. The summed E-state index contributed by atoms with van der Waals surface area (Å²) in [4.78, 5) is 25.0. The summed E-state index contributed by atoms with van der Waals surface area (Å²) >= 11 is 3.19. The number of rotatable bonds is 2. The molecule has 0 fully saturated rings. The first-order valence-electron chi connectivity index (χ1n) is 5.21. The van der Waals surface area contributed by atoms with E-state index >= 15 is 0 Å². The van der Waals surface area contributed by atoms with Gasteiger partial charge in [0.05, 0.1) is 6.54 Å². The number of hydrogen-bond acceptors (Lipinski definition) is 2. The minimum atomic E-state index is -0.508. The number of benzene rings is 1. The fourth-order valence-electron chi connectivity index (χ4n) is 1.63. The molecule has 0 saturated heterocycles. The third kappa shape index (κ3) is 2.76. The number of aromatic nitrogens is 2. The van der Waals surface area contributed by atoms with Crippen LogP contribution in [0.4, 0.5) is 4.39 Å². The van der Waals surface area contributed by atoms with E-state index in [9.17, 15) is 14.0 Å². The molecule has 6 heteroatoms. The first-order valence-corrected chi connectivity index (χ1v) is 6.00. The molecule has 2 aromatic rings. The topological polar surface area (TPSA) is 54.9 Å². The Morgan fingerprint density at radius 3 is 2.72 bits per heavy atom. The van der Waals surface area contributed by atoms with E-state index in [1.165, 1.54) is 22.9 Å². The van der Waals surface area contributed by atoms with E-state index in [1.807, 2.05) is 0 Å². The molecule has 18 heavy (non-hydrogen) atoms. The van der Waals surface area contributed by atoms with Crippen LogP contribution < -0.4 is 11.2 Å². The molecule has 1 aromatic carbocycles. The van der Waals surface area contributed by atoms with E-state index in [-0.39, 0.29) is 12.4 Å². The minimum Gasteiger partial charge on any atom is -0.296 e. The zero-order valence-corrected chi connectivity index (χ0v) is 11.1. The van der Waals surface area contributed by atoms with Gasteiger partial charge in [0.2, 0.25) is 0 Å². The Balaban J connectivity index is 2.43. The van der Waals surface area contributed by atoms with E-state index in [0.29, 0.717) is 15.6 Å². The molecule has 0 bridgehead atoms. The quantitative estimate of drug-likeness (QED) is 0.919. The summed E-state index contributed by atoms with van der Waals surface area (Å²) in [5.74, 6) is -0.381. The second kappa shape index (κ2) is 4.89. The number of aromatic amines is 1. The molecule has 0 radical (unpaired) electrons. The van der Waals surface area contributed by atoms with Crippen molar-refractivity contribution in [2.75, 3.05) is 0 Å². The maximum Gasteiger partial charge on any atom is 0.328 e. The standard InChI is InChI=1S/C12H10BrFN2O2/c1-7-5-16(12(18)15-11(7)17)6-8-2-9(13)4-10(14)3-8/h2-5H,6H2,1H3,(H,15,17,18). The van der Waals surface area contributed by atoms with Crippen LogP contribution in [0, 0.1) is 12.7 Å². The smallest absolute Gasteiger partial charge is 0.296 e. The SMILES string of the molecule is Cc1cn(Cc2cc(F)cc(Br)c2)c(=O)[nH]c1=O. The Kier molecular flexibility index (Phi) is 3.47. The van der Waals surface area contributed by atoms with Crippen molar-refractivity contribution in [3.63, 3.8) is 0 Å². The molecule has 1 N–H and O–H groups in total. The van der Waals surface area contributed by atoms with Crippen molar-refractivity contribution >= 4 is 15.9 Å². The van der Waals surface area contributed by atoms with Gasteiger partial charge in [-0.05, 0) is 30.7 Å². The molecule has 0 unspecified atom stereocenters. The van der Waals surface area contributed by atoms with Crippen LogP contribution in [0.15, 0.2) is 38.5 Å². The fraction of sp³-hybridized carbons (Fsp3) is 0.167. The van der Waals surface area contributed by atoms with Crippen LogP contribution in [-0.4, -0.2) is 9.55 Å². The summed E-state index contributed by atoms with van der Waals surface area (Å²) in [7, 11) is 0. The second-order valence-electron chi connectivity index (χ2n) is 3.98. The van der Waals surface area contributed by atoms with Crippen molar-refractivity contribution in [2.24, 2.45) is 0 Å². The van der Waals surface area contributed by atoms with Gasteiger partial charge < -0.3 is 0 Å². The number of nitrogens with one attached hydrogen (secondary N) is 1. The second-order valence-corrected chi connectivity index (χ2v) is 4.89. The molecule has 4 nitrogen and oxygen atoms in total. The Morgan fingerprint density at radius 2 is 2.06 bits per heavy atom. The van der Waals surface area contributed by atoms with Crippen molar-refractivity contribution in [1.82, 2.24) is 9.55 Å². The van der Waals surface area contributed by atoms with Gasteiger partial charge in [0.1, 0.15) is 5.82 Å². The van der Waals surface area contributed by atoms with Crippen molar-refractivity contribution in [2.45, 2.75) is 13.5 Å². The van der Waals surface area contributed by atoms with Crippen LogP contribution in [0.25, 0.3) is 0 Å². The van der Waals surface area contributed by atoms with Gasteiger partial charge in [-0.1, -0.05) is 15.9 Å². The summed E-state index contributed by atoms with van der Waals surface area (Å²) < 4.78 is 15.1. The third-order valence-electron chi connectivity index (χ3n) is 2.46. The van der Waals surface area contributed by atoms with Gasteiger partial charge in [0.15, 0.2) is 0 Å². The van der Waals surface area contributed by atoms with Crippen LogP contribution in [0.5, 0.6) is 0 Å². The van der Waals surface area contributed by atoms with Gasteiger partial charge >= 0.3 is 5.69 Å². The molecule has 0 atom stereocenters. The Labute approximate surface area is 110 Å². The molecule has 2 rings (SSSR count). The predicted octanol–water partition coefficient (Wildman–Crippen LogP) is 1.79. The summed E-state index contributed by atoms with van der Waals surface area (Å²) in [5.41, 5.74) is 0.156. The van der Waals surface area contributed by atoms with E-state index in [4.69, 9.17) is 0 Å². The van der Waals surface area contributed by atoms with Crippen molar-refractivity contribution in [3.8, 4) is 0 Å². The van der Waals surface area contributed by atoms with Crippen LogP contribution in [-0.2, 0) is 6.54 Å². The maximum atomic E-state index is 13.2. The Hall–Kier alpha value is -1.69. The molecule has 0 aliphatic rings. The van der Waals surface area contributed by atoms with E-state index in [1.54, 1.807) is 13.0 Å². The lowest BCUT2D eigenvalue weighted by Crippen LogP contribution is -2.31. The summed E-state index contributed by atoms with van der Waals surface area (Å²) in [6, 6.07) is 4.40. The lowest BCUT2D eigenvalue weighted by Gasteiger charge is -2.06. The largest absolute Gasteiger partial charge is 0.328 e. The molecule has 1 heterocycles. The zero-order chi connectivity index (χ0) is 13.3. The van der Waals surface area contributed by atoms with Crippen molar-refractivity contribution in [1.29, 1.82) is 0 Å². The molecule has 0 amide bonds. The van der Waals surface area contributed by atoms with Gasteiger partial charge in [-0.15, -0.1) is 0 Å². The number of aryl methyl sites for hydroxylation is 1. The first-order chi connectivity index (χ1) is 8.45. The molecular formula is C12H10BrFN2O2. The first kappa shape index (κ1) is 12.8. The molecule has 0 aliphatic carbocycles. The average molecular weight is 313 g/mol. The van der Waals surface area contributed by atoms with Crippen LogP contribution in [0.2, 0.25) is 0 Å². The zero-order valence-electron chi connectivity index (χ0n) is 9.54. The molecule has 94 valence electrons. The highest BCUT2D eigenvalue weighted by molar-refractivity contribution is 9.10. The minimum absolute atomic E-state index is 0.201. The third-order valence-corrected chi connectivity index (χ3v) is 2.92. The predicted molar refractivity (Wildman–Crippen MR) is 69.3 cm³/mol. The Morgan fingerprint density at radius 1 is 1.33 bits per heavy atom. The average Bonchev–Trinajstić information content (AvgIpc) is 2.24. The number of nitrogens with zero attached hydrogens (tertiary/aromatic N) is 1. The van der Waals surface area contributed by atoms with Gasteiger partial charge in [0.25, 0.3) is 5.56 Å². The summed E-state index contributed by atoms with van der Waals surface area (Å²) in [6.45, 7) is 1.81. The highest BCUT2D eigenvalue weighted by atomic mass is 79.9. The van der Waals surface area contributed by atoms with Crippen LogP contribution in [0.3, 0.4) is 0 Å². The van der Waals surface area contributed by atoms with Gasteiger partial charge in [-0.25, -0.2) is 9.18 Å². The molecule has 1 aromatic heterocycles. The normalized spacial score (nSPS) is 10.6. The van der Waals surface area contributed by atoms with E-state index in [2.05, 4.69) is 20.9 Å². The van der Waals surface area contributed by atoms with Crippen LogP contribution in [0.1, 0.15) is 11.1 Å². The molecule has 0 spiro atoms. The number of H-pyrrole nitrogens is 1. The number of halogens is 2.